The smallest absolute Gasteiger partial charge is 0.234 e. The van der Waals surface area contributed by atoms with Crippen LogP contribution in [0.2, 0.25) is 5.02 Å². The summed E-state index contributed by atoms with van der Waals surface area (Å²) in [5.41, 5.74) is 1.17. The van der Waals surface area contributed by atoms with Gasteiger partial charge in [0.25, 0.3) is 0 Å². The second kappa shape index (κ2) is 8.21. The van der Waals surface area contributed by atoms with Crippen molar-refractivity contribution in [2.45, 2.75) is 38.6 Å². The van der Waals surface area contributed by atoms with Gasteiger partial charge in [-0.25, -0.2) is 0 Å². The van der Waals surface area contributed by atoms with E-state index in [0.29, 0.717) is 18.5 Å². The summed E-state index contributed by atoms with van der Waals surface area (Å²) in [4.78, 5) is 16.9. The van der Waals surface area contributed by atoms with Gasteiger partial charge < -0.3 is 10.2 Å². The fraction of sp³-hybridized carbons (Fsp3) is 0.632. The molecule has 0 radical (unpaired) electrons. The molecule has 2 atom stereocenters. The molecule has 24 heavy (non-hydrogen) atoms. The molecule has 1 N–H and O–H groups in total. The lowest BCUT2D eigenvalue weighted by Crippen LogP contribution is -2.51. The molecule has 1 aliphatic carbocycles. The van der Waals surface area contributed by atoms with Gasteiger partial charge in [0.1, 0.15) is 0 Å². The van der Waals surface area contributed by atoms with Gasteiger partial charge >= 0.3 is 0 Å². The van der Waals surface area contributed by atoms with Gasteiger partial charge in [0, 0.05) is 42.9 Å². The normalized spacial score (nSPS) is 25.5. The average molecular weight is 350 g/mol. The number of carbonyl (C=O) groups excluding carboxylic acids is 1. The minimum atomic E-state index is 0.185. The van der Waals surface area contributed by atoms with Gasteiger partial charge in [-0.3, -0.25) is 9.69 Å². The Kier molecular flexibility index (Phi) is 6.01. The minimum absolute atomic E-state index is 0.185. The predicted octanol–water partition coefficient (Wildman–Crippen LogP) is 3.16. The van der Waals surface area contributed by atoms with Gasteiger partial charge in [-0.05, 0) is 37.0 Å². The Balaban J connectivity index is 1.44. The van der Waals surface area contributed by atoms with Crippen LogP contribution in [0.3, 0.4) is 0 Å². The van der Waals surface area contributed by atoms with Crippen molar-refractivity contribution in [3.05, 3.63) is 29.3 Å². The maximum atomic E-state index is 12.3. The first-order valence-electron chi connectivity index (χ1n) is 9.14. The van der Waals surface area contributed by atoms with Gasteiger partial charge in [-0.15, -0.1) is 0 Å². The molecule has 1 aromatic carbocycles. The van der Waals surface area contributed by atoms with E-state index in [1.165, 1.54) is 24.9 Å². The Morgan fingerprint density at radius 1 is 1.21 bits per heavy atom. The predicted molar refractivity (Wildman–Crippen MR) is 99.7 cm³/mol. The maximum Gasteiger partial charge on any atom is 0.234 e. The van der Waals surface area contributed by atoms with Gasteiger partial charge in [-0.1, -0.05) is 37.4 Å². The molecular weight excluding hydrogens is 322 g/mol. The number of piperazine rings is 1. The van der Waals surface area contributed by atoms with E-state index in [2.05, 4.69) is 28.1 Å². The molecule has 0 aromatic heterocycles. The quantitative estimate of drug-likeness (QED) is 0.907. The van der Waals surface area contributed by atoms with Crippen LogP contribution in [0.5, 0.6) is 0 Å². The van der Waals surface area contributed by atoms with Crippen molar-refractivity contribution in [1.29, 1.82) is 0 Å². The molecule has 1 saturated heterocycles. The maximum absolute atomic E-state index is 12.3. The van der Waals surface area contributed by atoms with E-state index in [1.54, 1.807) is 0 Å². The molecule has 1 aliphatic heterocycles. The van der Waals surface area contributed by atoms with E-state index in [9.17, 15) is 4.79 Å². The van der Waals surface area contributed by atoms with Crippen molar-refractivity contribution in [3.63, 3.8) is 0 Å². The molecule has 132 valence electrons. The number of anilines is 1. The zero-order valence-electron chi connectivity index (χ0n) is 14.5. The fourth-order valence-corrected chi connectivity index (χ4v) is 4.01. The van der Waals surface area contributed by atoms with Crippen LogP contribution >= 0.6 is 11.6 Å². The van der Waals surface area contributed by atoms with E-state index < -0.39 is 0 Å². The topological polar surface area (TPSA) is 35.6 Å². The Bertz CT molecular complexity index is 557. The summed E-state index contributed by atoms with van der Waals surface area (Å²) in [6.07, 6.45) is 4.92. The van der Waals surface area contributed by atoms with Gasteiger partial charge in [0.15, 0.2) is 0 Å². The van der Waals surface area contributed by atoms with Gasteiger partial charge in [-0.2, -0.15) is 0 Å². The highest BCUT2D eigenvalue weighted by atomic mass is 35.5. The number of hydrogen-bond donors (Lipinski definition) is 1. The number of carbonyl (C=O) groups is 1. The minimum Gasteiger partial charge on any atom is -0.369 e. The lowest BCUT2D eigenvalue weighted by molar-refractivity contribution is -0.123. The van der Waals surface area contributed by atoms with Gasteiger partial charge in [0.2, 0.25) is 5.91 Å². The first kappa shape index (κ1) is 17.6. The molecular formula is C19H28ClN3O. The highest BCUT2D eigenvalue weighted by Gasteiger charge is 2.24. The molecule has 1 saturated carbocycles. The lowest BCUT2D eigenvalue weighted by atomic mass is 9.86. The van der Waals surface area contributed by atoms with Crippen LogP contribution in [0.25, 0.3) is 0 Å². The number of benzene rings is 1. The molecule has 3 rings (SSSR count). The fourth-order valence-electron chi connectivity index (χ4n) is 3.82. The standard InChI is InChI=1S/C19H28ClN3O/c1-15-5-2-3-8-18(15)21-19(24)14-22-9-11-23(12-10-22)17-7-4-6-16(20)13-17/h4,6-7,13,15,18H,2-3,5,8-12,14H2,1H3,(H,21,24). The van der Waals surface area contributed by atoms with E-state index in [-0.39, 0.29) is 5.91 Å². The molecule has 2 unspecified atom stereocenters. The van der Waals surface area contributed by atoms with Crippen LogP contribution in [0, 0.1) is 5.92 Å². The Morgan fingerprint density at radius 3 is 2.67 bits per heavy atom. The second-order valence-corrected chi connectivity index (χ2v) is 7.62. The lowest BCUT2D eigenvalue weighted by Gasteiger charge is -2.36. The highest BCUT2D eigenvalue weighted by Crippen LogP contribution is 2.24. The summed E-state index contributed by atoms with van der Waals surface area (Å²) in [7, 11) is 0. The molecule has 2 aliphatic rings. The number of halogens is 1. The van der Waals surface area contributed by atoms with Crippen LogP contribution in [-0.4, -0.2) is 49.6 Å². The molecule has 1 aromatic rings. The third-order valence-electron chi connectivity index (χ3n) is 5.37. The number of nitrogens with one attached hydrogen (secondary N) is 1. The van der Waals surface area contributed by atoms with Crippen molar-refractivity contribution in [2.24, 2.45) is 5.92 Å². The zero-order chi connectivity index (χ0) is 16.9. The van der Waals surface area contributed by atoms with Crippen molar-refractivity contribution in [2.75, 3.05) is 37.6 Å². The molecule has 0 spiro atoms. The summed E-state index contributed by atoms with van der Waals surface area (Å²) in [6.45, 7) is 6.49. The summed E-state index contributed by atoms with van der Waals surface area (Å²) >= 11 is 6.08. The molecule has 2 fully saturated rings. The first-order chi connectivity index (χ1) is 11.6. The molecule has 5 heteroatoms. The number of nitrogens with zero attached hydrogens (tertiary/aromatic N) is 2. The second-order valence-electron chi connectivity index (χ2n) is 7.18. The summed E-state index contributed by atoms with van der Waals surface area (Å²) in [5, 5.41) is 4.03. The summed E-state index contributed by atoms with van der Waals surface area (Å²) < 4.78 is 0. The molecule has 1 heterocycles. The van der Waals surface area contributed by atoms with Crippen LogP contribution in [0.1, 0.15) is 32.6 Å². The summed E-state index contributed by atoms with van der Waals surface area (Å²) in [6, 6.07) is 8.37. The zero-order valence-corrected chi connectivity index (χ0v) is 15.3. The monoisotopic (exact) mass is 349 g/mol. The number of hydrogen-bond acceptors (Lipinski definition) is 3. The third kappa shape index (κ3) is 4.64. The molecule has 0 bridgehead atoms. The van der Waals surface area contributed by atoms with Crippen LogP contribution in [0.15, 0.2) is 24.3 Å². The van der Waals surface area contributed by atoms with Crippen molar-refractivity contribution in [1.82, 2.24) is 10.2 Å². The number of amides is 1. The van der Waals surface area contributed by atoms with Crippen molar-refractivity contribution in [3.8, 4) is 0 Å². The van der Waals surface area contributed by atoms with Crippen molar-refractivity contribution >= 4 is 23.2 Å². The molecule has 4 nitrogen and oxygen atoms in total. The van der Waals surface area contributed by atoms with E-state index in [4.69, 9.17) is 11.6 Å². The van der Waals surface area contributed by atoms with Crippen LogP contribution in [-0.2, 0) is 4.79 Å². The highest BCUT2D eigenvalue weighted by molar-refractivity contribution is 6.30. The van der Waals surface area contributed by atoms with Crippen LogP contribution in [0.4, 0.5) is 5.69 Å². The SMILES string of the molecule is CC1CCCCC1NC(=O)CN1CCN(c2cccc(Cl)c2)CC1. The first-order valence-corrected chi connectivity index (χ1v) is 9.52. The molecule has 1 amide bonds. The Morgan fingerprint density at radius 2 is 1.96 bits per heavy atom. The number of rotatable bonds is 4. The van der Waals surface area contributed by atoms with Crippen molar-refractivity contribution < 1.29 is 4.79 Å². The van der Waals surface area contributed by atoms with E-state index in [1.807, 2.05) is 18.2 Å². The van der Waals surface area contributed by atoms with Gasteiger partial charge in [0.05, 0.1) is 6.54 Å². The van der Waals surface area contributed by atoms with Crippen LogP contribution < -0.4 is 10.2 Å². The third-order valence-corrected chi connectivity index (χ3v) is 5.61. The van der Waals surface area contributed by atoms with E-state index in [0.717, 1.165) is 37.6 Å². The summed E-state index contributed by atoms with van der Waals surface area (Å²) in [5.74, 6) is 0.798. The van der Waals surface area contributed by atoms with E-state index >= 15 is 0 Å². The Hall–Kier alpha value is -1.26. The average Bonchev–Trinajstić information content (AvgIpc) is 2.58. The largest absolute Gasteiger partial charge is 0.369 e. The Labute approximate surface area is 150 Å².